The lowest BCUT2D eigenvalue weighted by atomic mass is 10.1. The van der Waals surface area contributed by atoms with Gasteiger partial charge in [0.25, 0.3) is 11.8 Å². The van der Waals surface area contributed by atoms with E-state index in [0.717, 1.165) is 16.7 Å². The van der Waals surface area contributed by atoms with Gasteiger partial charge in [-0.05, 0) is 65.2 Å². The summed E-state index contributed by atoms with van der Waals surface area (Å²) in [6.45, 7) is 1.27. The van der Waals surface area contributed by atoms with Gasteiger partial charge in [0, 0.05) is 36.4 Å². The summed E-state index contributed by atoms with van der Waals surface area (Å²) >= 11 is 0. The number of halogens is 1. The molecule has 5 nitrogen and oxygen atoms in total. The zero-order valence-electron chi connectivity index (χ0n) is 19.2. The number of carbonyl (C=O) groups excluding carboxylic acids is 2. The van der Waals surface area contributed by atoms with Crippen LogP contribution >= 0.6 is 0 Å². The van der Waals surface area contributed by atoms with Crippen molar-refractivity contribution in [3.63, 3.8) is 0 Å². The number of nitrogens with two attached hydrogens (primary N) is 1. The standard InChI is InChI=1S/C29H26FN3O2/c30-26-13-11-24(12-14-26)28(34)32-27-15-9-21(10-16-27)19-33(29(35)25-7-2-1-3-8-25)20-23-6-4-5-22(17-23)18-31/h1-17H,18-20,31H2,(H,32,34). The molecule has 0 saturated carbocycles. The third-order valence-corrected chi connectivity index (χ3v) is 5.60. The van der Waals surface area contributed by atoms with Gasteiger partial charge in [-0.1, -0.05) is 54.6 Å². The van der Waals surface area contributed by atoms with Gasteiger partial charge >= 0.3 is 0 Å². The molecule has 0 atom stereocenters. The number of carbonyl (C=O) groups is 2. The minimum atomic E-state index is -0.393. The monoisotopic (exact) mass is 467 g/mol. The van der Waals surface area contributed by atoms with Gasteiger partial charge in [0.15, 0.2) is 0 Å². The molecule has 3 N–H and O–H groups in total. The smallest absolute Gasteiger partial charge is 0.255 e. The Bertz CT molecular complexity index is 1290. The molecule has 0 aliphatic rings. The molecule has 4 aromatic carbocycles. The van der Waals surface area contributed by atoms with E-state index in [1.807, 2.05) is 54.6 Å². The van der Waals surface area contributed by atoms with Crippen LogP contribution in [-0.4, -0.2) is 16.7 Å². The molecule has 0 heterocycles. The van der Waals surface area contributed by atoms with Crippen LogP contribution in [0.4, 0.5) is 10.1 Å². The predicted molar refractivity (Wildman–Crippen MR) is 135 cm³/mol. The quantitative estimate of drug-likeness (QED) is 0.365. The van der Waals surface area contributed by atoms with E-state index in [-0.39, 0.29) is 11.8 Å². The summed E-state index contributed by atoms with van der Waals surface area (Å²) < 4.78 is 13.1. The number of hydrogen-bond acceptors (Lipinski definition) is 3. The predicted octanol–water partition coefficient (Wildman–Crippen LogP) is 5.38. The molecule has 0 radical (unpaired) electrons. The first-order valence-corrected chi connectivity index (χ1v) is 11.3. The van der Waals surface area contributed by atoms with Crippen LogP contribution in [0.2, 0.25) is 0 Å². The normalized spacial score (nSPS) is 10.6. The van der Waals surface area contributed by atoms with Crippen LogP contribution < -0.4 is 11.1 Å². The van der Waals surface area contributed by atoms with E-state index in [4.69, 9.17) is 5.73 Å². The van der Waals surface area contributed by atoms with Crippen LogP contribution in [0.5, 0.6) is 0 Å². The second-order valence-corrected chi connectivity index (χ2v) is 8.21. The van der Waals surface area contributed by atoms with E-state index in [1.165, 1.54) is 24.3 Å². The molecule has 0 bridgehead atoms. The number of rotatable bonds is 8. The molecule has 4 aromatic rings. The molecule has 0 spiro atoms. The summed E-state index contributed by atoms with van der Waals surface area (Å²) in [5.41, 5.74) is 10.3. The molecule has 0 saturated heterocycles. The first kappa shape index (κ1) is 23.9. The van der Waals surface area contributed by atoms with Gasteiger partial charge in [0.2, 0.25) is 0 Å². The van der Waals surface area contributed by atoms with Gasteiger partial charge < -0.3 is 16.0 Å². The Balaban J connectivity index is 1.50. The Morgan fingerprint density at radius 3 is 2.06 bits per heavy atom. The highest BCUT2D eigenvalue weighted by Crippen LogP contribution is 2.18. The maximum Gasteiger partial charge on any atom is 0.255 e. The maximum atomic E-state index is 13.3. The molecule has 0 aromatic heterocycles. The molecule has 35 heavy (non-hydrogen) atoms. The van der Waals surface area contributed by atoms with Crippen molar-refractivity contribution in [3.05, 3.63) is 137 Å². The summed E-state index contributed by atoms with van der Waals surface area (Å²) in [6.07, 6.45) is 0. The average molecular weight is 468 g/mol. The number of benzene rings is 4. The van der Waals surface area contributed by atoms with Crippen LogP contribution in [0.3, 0.4) is 0 Å². The average Bonchev–Trinajstić information content (AvgIpc) is 2.90. The number of hydrogen-bond donors (Lipinski definition) is 2. The zero-order chi connectivity index (χ0) is 24.6. The zero-order valence-corrected chi connectivity index (χ0v) is 19.2. The lowest BCUT2D eigenvalue weighted by Gasteiger charge is -2.24. The lowest BCUT2D eigenvalue weighted by Crippen LogP contribution is -2.30. The summed E-state index contributed by atoms with van der Waals surface area (Å²) in [7, 11) is 0. The van der Waals surface area contributed by atoms with E-state index in [2.05, 4.69) is 5.32 Å². The Morgan fingerprint density at radius 1 is 0.714 bits per heavy atom. The Kier molecular flexibility index (Phi) is 7.65. The third kappa shape index (κ3) is 6.40. The Labute approximate surface area is 204 Å². The van der Waals surface area contributed by atoms with Gasteiger partial charge in [0.1, 0.15) is 5.82 Å². The van der Waals surface area contributed by atoms with Crippen molar-refractivity contribution in [2.24, 2.45) is 5.73 Å². The van der Waals surface area contributed by atoms with Crippen LogP contribution in [0, 0.1) is 5.82 Å². The van der Waals surface area contributed by atoms with Crippen LogP contribution in [0.1, 0.15) is 37.4 Å². The van der Waals surface area contributed by atoms with E-state index in [1.54, 1.807) is 29.2 Å². The van der Waals surface area contributed by atoms with E-state index >= 15 is 0 Å². The van der Waals surface area contributed by atoms with Crippen molar-refractivity contribution in [1.29, 1.82) is 0 Å². The number of amides is 2. The summed E-state index contributed by atoms with van der Waals surface area (Å²) in [5, 5.41) is 2.81. The SMILES string of the molecule is NCc1cccc(CN(Cc2ccc(NC(=O)c3ccc(F)cc3)cc2)C(=O)c2ccccc2)c1. The molecule has 2 amide bonds. The molecular formula is C29H26FN3O2. The minimum absolute atomic E-state index is 0.0718. The van der Waals surface area contributed by atoms with Gasteiger partial charge in [-0.2, -0.15) is 0 Å². The van der Waals surface area contributed by atoms with Crippen molar-refractivity contribution in [1.82, 2.24) is 4.90 Å². The molecule has 176 valence electrons. The fourth-order valence-corrected chi connectivity index (χ4v) is 3.76. The summed E-state index contributed by atoms with van der Waals surface area (Å²) in [5.74, 6) is -0.786. The van der Waals surface area contributed by atoms with Crippen molar-refractivity contribution >= 4 is 17.5 Å². The number of nitrogens with zero attached hydrogens (tertiary/aromatic N) is 1. The fourth-order valence-electron chi connectivity index (χ4n) is 3.76. The molecule has 0 unspecified atom stereocenters. The van der Waals surface area contributed by atoms with Crippen LogP contribution in [0.25, 0.3) is 0 Å². The van der Waals surface area contributed by atoms with E-state index in [0.29, 0.717) is 36.4 Å². The highest BCUT2D eigenvalue weighted by molar-refractivity contribution is 6.04. The molecule has 0 aliphatic carbocycles. The van der Waals surface area contributed by atoms with Crippen molar-refractivity contribution in [3.8, 4) is 0 Å². The van der Waals surface area contributed by atoms with Crippen molar-refractivity contribution in [2.75, 3.05) is 5.32 Å². The molecule has 6 heteroatoms. The fraction of sp³-hybridized carbons (Fsp3) is 0.103. The van der Waals surface area contributed by atoms with Gasteiger partial charge in [0.05, 0.1) is 0 Å². The Hall–Kier alpha value is -4.29. The third-order valence-electron chi connectivity index (χ3n) is 5.60. The van der Waals surface area contributed by atoms with E-state index < -0.39 is 5.82 Å². The highest BCUT2D eigenvalue weighted by atomic mass is 19.1. The second kappa shape index (κ2) is 11.2. The van der Waals surface area contributed by atoms with Gasteiger partial charge in [-0.3, -0.25) is 9.59 Å². The topological polar surface area (TPSA) is 75.4 Å². The minimum Gasteiger partial charge on any atom is -0.330 e. The largest absolute Gasteiger partial charge is 0.330 e. The molecular weight excluding hydrogens is 441 g/mol. The van der Waals surface area contributed by atoms with Crippen LogP contribution in [-0.2, 0) is 19.6 Å². The Morgan fingerprint density at radius 2 is 1.37 bits per heavy atom. The first-order valence-electron chi connectivity index (χ1n) is 11.3. The van der Waals surface area contributed by atoms with E-state index in [9.17, 15) is 14.0 Å². The highest BCUT2D eigenvalue weighted by Gasteiger charge is 2.17. The first-order chi connectivity index (χ1) is 17.0. The molecule has 4 rings (SSSR count). The number of nitrogens with one attached hydrogen (secondary N) is 1. The summed E-state index contributed by atoms with van der Waals surface area (Å²) in [6, 6.07) is 29.8. The second-order valence-electron chi connectivity index (χ2n) is 8.21. The van der Waals surface area contributed by atoms with Gasteiger partial charge in [-0.25, -0.2) is 4.39 Å². The van der Waals surface area contributed by atoms with Crippen LogP contribution in [0.15, 0.2) is 103 Å². The van der Waals surface area contributed by atoms with Crippen molar-refractivity contribution in [2.45, 2.75) is 19.6 Å². The lowest BCUT2D eigenvalue weighted by molar-refractivity contribution is 0.0730. The van der Waals surface area contributed by atoms with Crippen molar-refractivity contribution < 1.29 is 14.0 Å². The molecule has 0 aliphatic heterocycles. The number of anilines is 1. The molecule has 0 fully saturated rings. The maximum absolute atomic E-state index is 13.3. The van der Waals surface area contributed by atoms with Gasteiger partial charge in [-0.15, -0.1) is 0 Å². The summed E-state index contributed by atoms with van der Waals surface area (Å²) in [4.78, 5) is 27.5.